The summed E-state index contributed by atoms with van der Waals surface area (Å²) in [4.78, 5) is 17.1. The number of likely N-dealkylation sites (tertiary alicyclic amines) is 1. The van der Waals surface area contributed by atoms with E-state index in [-0.39, 0.29) is 5.92 Å². The number of hydrogen-bond donors (Lipinski definition) is 1. The maximum absolute atomic E-state index is 12.8. The SMILES string of the molecule is CC1CC(N)CCC1C(=O)N1CCCC1CN(C)C. The summed E-state index contributed by atoms with van der Waals surface area (Å²) in [5.74, 6) is 1.04. The molecule has 19 heavy (non-hydrogen) atoms. The van der Waals surface area contributed by atoms with Gasteiger partial charge in [0.2, 0.25) is 5.91 Å². The molecule has 0 aromatic heterocycles. The third kappa shape index (κ3) is 3.48. The Bertz CT molecular complexity index is 319. The first-order valence-electron chi connectivity index (χ1n) is 7.69. The molecule has 1 aliphatic heterocycles. The lowest BCUT2D eigenvalue weighted by atomic mass is 9.77. The third-order valence-corrected chi connectivity index (χ3v) is 4.76. The summed E-state index contributed by atoms with van der Waals surface area (Å²) in [5.41, 5.74) is 6.00. The predicted molar refractivity (Wildman–Crippen MR) is 77.8 cm³/mol. The molecule has 2 fully saturated rings. The van der Waals surface area contributed by atoms with Gasteiger partial charge in [-0.1, -0.05) is 6.92 Å². The van der Waals surface area contributed by atoms with Gasteiger partial charge in [0, 0.05) is 31.1 Å². The highest BCUT2D eigenvalue weighted by Gasteiger charge is 2.37. The van der Waals surface area contributed by atoms with Gasteiger partial charge in [-0.15, -0.1) is 0 Å². The van der Waals surface area contributed by atoms with Crippen LogP contribution in [0.4, 0.5) is 0 Å². The molecule has 4 heteroatoms. The van der Waals surface area contributed by atoms with E-state index in [2.05, 4.69) is 30.8 Å². The Hall–Kier alpha value is -0.610. The van der Waals surface area contributed by atoms with E-state index in [1.54, 1.807) is 0 Å². The van der Waals surface area contributed by atoms with Crippen molar-refractivity contribution in [2.75, 3.05) is 27.2 Å². The average Bonchev–Trinajstić information content (AvgIpc) is 2.75. The van der Waals surface area contributed by atoms with E-state index in [1.165, 1.54) is 0 Å². The second kappa shape index (κ2) is 6.23. The normalized spacial score (nSPS) is 35.9. The van der Waals surface area contributed by atoms with E-state index in [0.29, 0.717) is 23.9 Å². The van der Waals surface area contributed by atoms with Crippen LogP contribution < -0.4 is 5.73 Å². The Morgan fingerprint density at radius 2 is 2.05 bits per heavy atom. The molecule has 0 aromatic rings. The van der Waals surface area contributed by atoms with Gasteiger partial charge < -0.3 is 15.5 Å². The van der Waals surface area contributed by atoms with Crippen LogP contribution >= 0.6 is 0 Å². The molecule has 1 saturated heterocycles. The van der Waals surface area contributed by atoms with Gasteiger partial charge in [0.1, 0.15) is 0 Å². The topological polar surface area (TPSA) is 49.6 Å². The van der Waals surface area contributed by atoms with Crippen LogP contribution in [0.1, 0.15) is 39.0 Å². The van der Waals surface area contributed by atoms with Crippen LogP contribution in [0.15, 0.2) is 0 Å². The molecule has 1 aliphatic carbocycles. The van der Waals surface area contributed by atoms with Crippen molar-refractivity contribution in [1.29, 1.82) is 0 Å². The number of hydrogen-bond acceptors (Lipinski definition) is 3. The molecule has 0 aromatic carbocycles. The van der Waals surface area contributed by atoms with Gasteiger partial charge in [-0.05, 0) is 52.1 Å². The zero-order chi connectivity index (χ0) is 14.0. The Balaban J connectivity index is 1.98. The molecule has 1 saturated carbocycles. The molecule has 0 radical (unpaired) electrons. The van der Waals surface area contributed by atoms with Crippen molar-refractivity contribution in [2.24, 2.45) is 17.6 Å². The van der Waals surface area contributed by atoms with Crippen molar-refractivity contribution in [2.45, 2.75) is 51.1 Å². The zero-order valence-corrected chi connectivity index (χ0v) is 12.6. The molecular formula is C15H29N3O. The predicted octanol–water partition coefficient (Wildman–Crippen LogP) is 1.30. The van der Waals surface area contributed by atoms with E-state index < -0.39 is 0 Å². The molecule has 2 N–H and O–H groups in total. The number of carbonyl (C=O) groups is 1. The van der Waals surface area contributed by atoms with E-state index in [4.69, 9.17) is 5.73 Å². The van der Waals surface area contributed by atoms with E-state index >= 15 is 0 Å². The molecule has 1 amide bonds. The lowest BCUT2D eigenvalue weighted by molar-refractivity contribution is -0.139. The summed E-state index contributed by atoms with van der Waals surface area (Å²) in [7, 11) is 4.17. The average molecular weight is 267 g/mol. The summed E-state index contributed by atoms with van der Waals surface area (Å²) < 4.78 is 0. The zero-order valence-electron chi connectivity index (χ0n) is 12.6. The largest absolute Gasteiger partial charge is 0.338 e. The fraction of sp³-hybridized carbons (Fsp3) is 0.933. The maximum Gasteiger partial charge on any atom is 0.226 e. The van der Waals surface area contributed by atoms with Gasteiger partial charge in [0.05, 0.1) is 0 Å². The molecule has 0 spiro atoms. The second-order valence-electron chi connectivity index (χ2n) is 6.75. The second-order valence-corrected chi connectivity index (χ2v) is 6.75. The number of nitrogens with zero attached hydrogens (tertiary/aromatic N) is 2. The van der Waals surface area contributed by atoms with Gasteiger partial charge in [-0.2, -0.15) is 0 Å². The van der Waals surface area contributed by atoms with Gasteiger partial charge >= 0.3 is 0 Å². The number of carbonyl (C=O) groups excluding carboxylic acids is 1. The summed E-state index contributed by atoms with van der Waals surface area (Å²) in [6.07, 6.45) is 5.30. The van der Waals surface area contributed by atoms with Crippen molar-refractivity contribution >= 4 is 5.91 Å². The Morgan fingerprint density at radius 3 is 2.68 bits per heavy atom. The summed E-state index contributed by atoms with van der Waals surface area (Å²) in [6, 6.07) is 0.723. The Morgan fingerprint density at radius 1 is 1.32 bits per heavy atom. The van der Waals surface area contributed by atoms with Crippen LogP contribution in [0.25, 0.3) is 0 Å². The molecule has 110 valence electrons. The molecular weight excluding hydrogens is 238 g/mol. The highest BCUT2D eigenvalue weighted by atomic mass is 16.2. The van der Waals surface area contributed by atoms with E-state index in [0.717, 1.165) is 45.2 Å². The van der Waals surface area contributed by atoms with Gasteiger partial charge in [-0.25, -0.2) is 0 Å². The van der Waals surface area contributed by atoms with Crippen LogP contribution in [0.5, 0.6) is 0 Å². The minimum absolute atomic E-state index is 0.211. The Labute approximate surface area is 117 Å². The first-order valence-corrected chi connectivity index (χ1v) is 7.69. The first-order chi connectivity index (χ1) is 8.99. The molecule has 1 heterocycles. The monoisotopic (exact) mass is 267 g/mol. The number of nitrogens with two attached hydrogens (primary N) is 1. The fourth-order valence-corrected chi connectivity index (χ4v) is 3.75. The fourth-order valence-electron chi connectivity index (χ4n) is 3.75. The van der Waals surface area contributed by atoms with Crippen LogP contribution in [-0.2, 0) is 4.79 Å². The maximum atomic E-state index is 12.8. The molecule has 2 aliphatic rings. The summed E-state index contributed by atoms with van der Waals surface area (Å²) in [5, 5.41) is 0. The lowest BCUT2D eigenvalue weighted by Gasteiger charge is -2.36. The Kier molecular flexibility index (Phi) is 4.85. The van der Waals surface area contributed by atoms with Crippen LogP contribution in [0.3, 0.4) is 0 Å². The minimum atomic E-state index is 0.211. The van der Waals surface area contributed by atoms with Crippen molar-refractivity contribution < 1.29 is 4.79 Å². The van der Waals surface area contributed by atoms with Crippen molar-refractivity contribution in [3.8, 4) is 0 Å². The summed E-state index contributed by atoms with van der Waals surface area (Å²) >= 11 is 0. The highest BCUT2D eigenvalue weighted by molar-refractivity contribution is 5.80. The molecule has 0 bridgehead atoms. The number of amides is 1. The minimum Gasteiger partial charge on any atom is -0.338 e. The number of rotatable bonds is 3. The summed E-state index contributed by atoms with van der Waals surface area (Å²) in [6.45, 7) is 4.14. The molecule has 4 atom stereocenters. The number of likely N-dealkylation sites (N-methyl/N-ethyl adjacent to an activating group) is 1. The molecule has 2 rings (SSSR count). The standard InChI is InChI=1S/C15H29N3O/c1-11-9-12(16)6-7-14(11)15(19)18-8-4-5-13(18)10-17(2)3/h11-14H,4-10,16H2,1-3H3. The first kappa shape index (κ1) is 14.8. The van der Waals surface area contributed by atoms with Gasteiger partial charge in [0.25, 0.3) is 0 Å². The van der Waals surface area contributed by atoms with E-state index in [9.17, 15) is 4.79 Å². The van der Waals surface area contributed by atoms with Crippen molar-refractivity contribution in [1.82, 2.24) is 9.80 Å². The molecule has 4 unspecified atom stereocenters. The van der Waals surface area contributed by atoms with Crippen LogP contribution in [-0.4, -0.2) is 55.0 Å². The quantitative estimate of drug-likeness (QED) is 0.838. The third-order valence-electron chi connectivity index (χ3n) is 4.76. The van der Waals surface area contributed by atoms with Crippen LogP contribution in [0, 0.1) is 11.8 Å². The lowest BCUT2D eigenvalue weighted by Crippen LogP contribution is -2.47. The molecule has 4 nitrogen and oxygen atoms in total. The van der Waals surface area contributed by atoms with Crippen LogP contribution in [0.2, 0.25) is 0 Å². The van der Waals surface area contributed by atoms with E-state index in [1.807, 2.05) is 0 Å². The smallest absolute Gasteiger partial charge is 0.226 e. The van der Waals surface area contributed by atoms with Gasteiger partial charge in [0.15, 0.2) is 0 Å². The highest BCUT2D eigenvalue weighted by Crippen LogP contribution is 2.32. The van der Waals surface area contributed by atoms with Crippen molar-refractivity contribution in [3.05, 3.63) is 0 Å². The van der Waals surface area contributed by atoms with Crippen molar-refractivity contribution in [3.63, 3.8) is 0 Å². The van der Waals surface area contributed by atoms with Gasteiger partial charge in [-0.3, -0.25) is 4.79 Å².